The average Bonchev–Trinajstić information content (AvgIpc) is 2.98. The molecule has 31 heavy (non-hydrogen) atoms. The molecule has 1 amide bonds. The second-order valence-corrected chi connectivity index (χ2v) is 9.62. The van der Waals surface area contributed by atoms with Gasteiger partial charge in [0.15, 0.2) is 5.84 Å². The highest BCUT2D eigenvalue weighted by Gasteiger charge is 2.32. The molecule has 164 valence electrons. The third-order valence-electron chi connectivity index (χ3n) is 4.40. The van der Waals surface area contributed by atoms with E-state index in [4.69, 9.17) is 4.74 Å². The number of hydrogen-bond acceptors (Lipinski definition) is 6. The first-order chi connectivity index (χ1) is 14.6. The predicted molar refractivity (Wildman–Crippen MR) is 120 cm³/mol. The summed E-state index contributed by atoms with van der Waals surface area (Å²) in [6.45, 7) is 5.83. The summed E-state index contributed by atoms with van der Waals surface area (Å²) < 4.78 is 34.3. The van der Waals surface area contributed by atoms with Gasteiger partial charge in [0.1, 0.15) is 10.6 Å². The standard InChI is InChI=1S/C22H26N4O4S/c1-22(2,3)24-20(27)13-14-26(23-15-16-9-5-7-11-18(16)30-4)21-17-10-6-8-12-19(17)31(28,29)25-21/h5-12,15H,13-14H2,1-4H3,(H,24,27)/b23-15-. The van der Waals surface area contributed by atoms with Crippen molar-refractivity contribution in [3.8, 4) is 5.75 Å². The molecular weight excluding hydrogens is 416 g/mol. The topological polar surface area (TPSA) is 100 Å². The van der Waals surface area contributed by atoms with E-state index in [-0.39, 0.29) is 35.1 Å². The van der Waals surface area contributed by atoms with Crippen molar-refractivity contribution < 1.29 is 17.9 Å². The molecule has 1 heterocycles. The first kappa shape index (κ1) is 22.5. The largest absolute Gasteiger partial charge is 0.496 e. The van der Waals surface area contributed by atoms with Gasteiger partial charge < -0.3 is 10.1 Å². The molecule has 0 fully saturated rings. The molecule has 0 saturated carbocycles. The summed E-state index contributed by atoms with van der Waals surface area (Å²) in [5.41, 5.74) is 0.795. The van der Waals surface area contributed by atoms with E-state index >= 15 is 0 Å². The smallest absolute Gasteiger partial charge is 0.285 e. The van der Waals surface area contributed by atoms with Gasteiger partial charge in [-0.05, 0) is 45.0 Å². The van der Waals surface area contributed by atoms with E-state index < -0.39 is 10.0 Å². The second kappa shape index (κ2) is 8.89. The number of para-hydroxylation sites is 1. The minimum Gasteiger partial charge on any atom is -0.496 e. The Hall–Kier alpha value is -3.20. The van der Waals surface area contributed by atoms with Crippen LogP contribution < -0.4 is 10.1 Å². The number of sulfonamides is 1. The number of hydrogen-bond donors (Lipinski definition) is 1. The molecule has 1 aliphatic rings. The third kappa shape index (κ3) is 5.49. The fourth-order valence-corrected chi connectivity index (χ4v) is 4.29. The number of ether oxygens (including phenoxy) is 1. The lowest BCUT2D eigenvalue weighted by atomic mass is 10.1. The van der Waals surface area contributed by atoms with E-state index in [1.54, 1.807) is 37.6 Å². The Bertz CT molecular complexity index is 1130. The summed E-state index contributed by atoms with van der Waals surface area (Å²) in [6, 6.07) is 13.9. The van der Waals surface area contributed by atoms with Gasteiger partial charge >= 0.3 is 0 Å². The Kier molecular flexibility index (Phi) is 6.45. The van der Waals surface area contributed by atoms with Crippen LogP contribution in [0, 0.1) is 0 Å². The van der Waals surface area contributed by atoms with Crippen LogP contribution in [0.5, 0.6) is 5.75 Å². The normalized spacial score (nSPS) is 14.8. The molecule has 8 nitrogen and oxygen atoms in total. The molecule has 0 atom stereocenters. The van der Waals surface area contributed by atoms with Gasteiger partial charge in [0, 0.05) is 23.1 Å². The molecule has 2 aromatic rings. The lowest BCUT2D eigenvalue weighted by Crippen LogP contribution is -2.42. The van der Waals surface area contributed by atoms with E-state index in [9.17, 15) is 13.2 Å². The fraction of sp³-hybridized carbons (Fsp3) is 0.318. The molecule has 1 N–H and O–H groups in total. The van der Waals surface area contributed by atoms with Gasteiger partial charge in [-0.25, -0.2) is 5.01 Å². The molecule has 1 aliphatic heterocycles. The molecule has 3 rings (SSSR count). The number of hydrazone groups is 1. The maximum atomic E-state index is 12.5. The molecule has 2 aromatic carbocycles. The number of methoxy groups -OCH3 is 1. The summed E-state index contributed by atoms with van der Waals surface area (Å²) in [5, 5.41) is 8.81. The van der Waals surface area contributed by atoms with Crippen LogP contribution in [-0.4, -0.2) is 50.6 Å². The van der Waals surface area contributed by atoms with Gasteiger partial charge in [0.25, 0.3) is 10.0 Å². The Morgan fingerprint density at radius 1 is 1.16 bits per heavy atom. The quantitative estimate of drug-likeness (QED) is 0.548. The highest BCUT2D eigenvalue weighted by molar-refractivity contribution is 7.90. The zero-order chi connectivity index (χ0) is 22.6. The van der Waals surface area contributed by atoms with Crippen LogP contribution in [0.4, 0.5) is 0 Å². The summed E-state index contributed by atoms with van der Waals surface area (Å²) in [5.74, 6) is 0.642. The SMILES string of the molecule is COc1ccccc1/C=N\N(CCC(=O)NC(C)(C)C)C1=NS(=O)(=O)c2ccccc21. The Balaban J connectivity index is 1.94. The van der Waals surface area contributed by atoms with E-state index in [0.717, 1.165) is 0 Å². The molecule has 9 heteroatoms. The number of amidine groups is 1. The number of carbonyl (C=O) groups is 1. The summed E-state index contributed by atoms with van der Waals surface area (Å²) >= 11 is 0. The monoisotopic (exact) mass is 442 g/mol. The van der Waals surface area contributed by atoms with Crippen molar-refractivity contribution in [3.05, 3.63) is 59.7 Å². The molecule has 0 saturated heterocycles. The summed E-state index contributed by atoms with van der Waals surface area (Å²) in [7, 11) is -2.26. The van der Waals surface area contributed by atoms with Crippen LogP contribution in [0.2, 0.25) is 0 Å². The third-order valence-corrected chi connectivity index (χ3v) is 5.72. The molecule has 0 radical (unpaired) electrons. The van der Waals surface area contributed by atoms with Gasteiger partial charge in [0.05, 0.1) is 19.9 Å². The highest BCUT2D eigenvalue weighted by atomic mass is 32.2. The van der Waals surface area contributed by atoms with E-state index in [0.29, 0.717) is 16.9 Å². The number of fused-ring (bicyclic) bond motifs is 1. The van der Waals surface area contributed by atoms with Gasteiger partial charge in [-0.3, -0.25) is 4.79 Å². The Morgan fingerprint density at radius 3 is 2.55 bits per heavy atom. The van der Waals surface area contributed by atoms with Crippen LogP contribution >= 0.6 is 0 Å². The Morgan fingerprint density at radius 2 is 1.84 bits per heavy atom. The minimum atomic E-state index is -3.82. The number of carbonyl (C=O) groups excluding carboxylic acids is 1. The van der Waals surface area contributed by atoms with Crippen LogP contribution in [0.25, 0.3) is 0 Å². The zero-order valence-corrected chi connectivity index (χ0v) is 18.8. The molecule has 0 aliphatic carbocycles. The van der Waals surface area contributed by atoms with Crippen molar-refractivity contribution in [1.29, 1.82) is 0 Å². The van der Waals surface area contributed by atoms with Gasteiger partial charge in [-0.15, -0.1) is 4.40 Å². The number of benzene rings is 2. The number of amides is 1. The van der Waals surface area contributed by atoms with Crippen molar-refractivity contribution in [1.82, 2.24) is 10.3 Å². The van der Waals surface area contributed by atoms with Crippen molar-refractivity contribution in [2.24, 2.45) is 9.50 Å². The van der Waals surface area contributed by atoms with E-state index in [1.165, 1.54) is 11.1 Å². The van der Waals surface area contributed by atoms with Crippen LogP contribution in [0.1, 0.15) is 38.3 Å². The van der Waals surface area contributed by atoms with Crippen LogP contribution in [-0.2, 0) is 14.8 Å². The molecular formula is C22H26N4O4S. The van der Waals surface area contributed by atoms with Crippen molar-refractivity contribution >= 4 is 28.0 Å². The molecule has 0 aromatic heterocycles. The van der Waals surface area contributed by atoms with Gasteiger partial charge in [-0.1, -0.05) is 24.3 Å². The first-order valence-electron chi connectivity index (χ1n) is 9.81. The van der Waals surface area contributed by atoms with Crippen LogP contribution in [0.3, 0.4) is 0 Å². The fourth-order valence-electron chi connectivity index (χ4n) is 3.09. The molecule has 0 spiro atoms. The van der Waals surface area contributed by atoms with Crippen molar-refractivity contribution in [2.75, 3.05) is 13.7 Å². The molecule has 0 bridgehead atoms. The summed E-state index contributed by atoms with van der Waals surface area (Å²) in [6.07, 6.45) is 1.68. The lowest BCUT2D eigenvalue weighted by molar-refractivity contribution is -0.122. The second-order valence-electron chi connectivity index (χ2n) is 8.04. The summed E-state index contributed by atoms with van der Waals surface area (Å²) in [4.78, 5) is 12.5. The minimum absolute atomic E-state index is 0.113. The first-order valence-corrected chi connectivity index (χ1v) is 11.2. The van der Waals surface area contributed by atoms with Crippen LogP contribution in [0.15, 0.2) is 62.9 Å². The lowest BCUT2D eigenvalue weighted by Gasteiger charge is -2.23. The van der Waals surface area contributed by atoms with Crippen molar-refractivity contribution in [2.45, 2.75) is 37.6 Å². The van der Waals surface area contributed by atoms with Gasteiger partial charge in [0.2, 0.25) is 5.91 Å². The van der Waals surface area contributed by atoms with E-state index in [2.05, 4.69) is 14.8 Å². The maximum absolute atomic E-state index is 12.5. The highest BCUT2D eigenvalue weighted by Crippen LogP contribution is 2.28. The predicted octanol–water partition coefficient (Wildman–Crippen LogP) is 2.79. The van der Waals surface area contributed by atoms with Crippen molar-refractivity contribution in [3.63, 3.8) is 0 Å². The maximum Gasteiger partial charge on any atom is 0.285 e. The number of rotatable bonds is 6. The van der Waals surface area contributed by atoms with E-state index in [1.807, 2.05) is 39.0 Å². The zero-order valence-electron chi connectivity index (χ0n) is 18.0. The van der Waals surface area contributed by atoms with Gasteiger partial charge in [-0.2, -0.15) is 13.5 Å². The number of nitrogens with one attached hydrogen (secondary N) is 1. The average molecular weight is 443 g/mol. The number of nitrogens with zero attached hydrogens (tertiary/aromatic N) is 3. The molecule has 0 unspecified atom stereocenters. The Labute approximate surface area is 182 Å².